The molecule has 1 aromatic heterocycles. The maximum absolute atomic E-state index is 13.3. The first-order chi connectivity index (χ1) is 13.6. The summed E-state index contributed by atoms with van der Waals surface area (Å²) in [4.78, 5) is 23.9. The van der Waals surface area contributed by atoms with Crippen LogP contribution in [0.15, 0.2) is 42.6 Å². The molecule has 5 rings (SSSR count). The second-order valence-corrected chi connectivity index (χ2v) is 8.47. The van der Waals surface area contributed by atoms with E-state index in [4.69, 9.17) is 16.3 Å². The molecule has 28 heavy (non-hydrogen) atoms. The molecule has 0 radical (unpaired) electrons. The third-order valence-corrected chi connectivity index (χ3v) is 6.24. The number of nitrogens with zero attached hydrogens (tertiary/aromatic N) is 4. The molecule has 6 nitrogen and oxygen atoms in total. The molecular formula is C21H23ClN4O2. The molecule has 1 atom stereocenters. The number of pyridine rings is 1. The van der Waals surface area contributed by atoms with Gasteiger partial charge in [0.15, 0.2) is 0 Å². The highest BCUT2D eigenvalue weighted by atomic mass is 35.5. The highest BCUT2D eigenvalue weighted by Crippen LogP contribution is 2.43. The van der Waals surface area contributed by atoms with Crippen molar-refractivity contribution in [2.24, 2.45) is 5.41 Å². The molecule has 1 aromatic carbocycles. The molecule has 0 saturated carbocycles. The van der Waals surface area contributed by atoms with E-state index in [1.807, 2.05) is 46.3 Å². The van der Waals surface area contributed by atoms with E-state index in [-0.39, 0.29) is 17.5 Å². The fourth-order valence-corrected chi connectivity index (χ4v) is 4.70. The van der Waals surface area contributed by atoms with Crippen molar-refractivity contribution in [1.29, 1.82) is 0 Å². The van der Waals surface area contributed by atoms with Gasteiger partial charge in [-0.05, 0) is 30.7 Å². The highest BCUT2D eigenvalue weighted by molar-refractivity contribution is 6.30. The summed E-state index contributed by atoms with van der Waals surface area (Å²) in [5, 5.41) is 0.619. The Kier molecular flexibility index (Phi) is 4.12. The van der Waals surface area contributed by atoms with Crippen LogP contribution in [0.3, 0.4) is 0 Å². The maximum Gasteiger partial charge on any atom is 0.325 e. The normalized spacial score (nSPS) is 22.2. The van der Waals surface area contributed by atoms with Crippen molar-refractivity contribution in [2.45, 2.75) is 19.4 Å². The quantitative estimate of drug-likeness (QED) is 0.774. The van der Waals surface area contributed by atoms with Crippen LogP contribution in [0.1, 0.15) is 13.3 Å². The van der Waals surface area contributed by atoms with E-state index in [0.29, 0.717) is 17.4 Å². The van der Waals surface area contributed by atoms with Gasteiger partial charge in [-0.3, -0.25) is 4.90 Å². The lowest BCUT2D eigenvalue weighted by molar-refractivity contribution is 0.00840. The third kappa shape index (κ3) is 2.78. The number of carbonyl (C=O) groups is 1. The number of hydrogen-bond donors (Lipinski definition) is 0. The number of hydrogen-bond acceptors (Lipinski definition) is 4. The zero-order chi connectivity index (χ0) is 19.3. The summed E-state index contributed by atoms with van der Waals surface area (Å²) in [6, 6.07) is 11.6. The number of carbonyl (C=O) groups excluding carboxylic acids is 1. The van der Waals surface area contributed by atoms with Crippen LogP contribution in [0.25, 0.3) is 0 Å². The lowest BCUT2D eigenvalue weighted by Crippen LogP contribution is -2.74. The van der Waals surface area contributed by atoms with Crippen LogP contribution in [0.4, 0.5) is 16.3 Å². The van der Waals surface area contributed by atoms with Crippen LogP contribution >= 0.6 is 11.6 Å². The van der Waals surface area contributed by atoms with Crippen molar-refractivity contribution < 1.29 is 9.53 Å². The lowest BCUT2D eigenvalue weighted by Gasteiger charge is -2.61. The molecular weight excluding hydrogens is 376 g/mol. The number of aromatic nitrogens is 1. The third-order valence-electron chi connectivity index (χ3n) is 6.00. The van der Waals surface area contributed by atoms with Crippen LogP contribution in [-0.4, -0.2) is 54.7 Å². The van der Waals surface area contributed by atoms with Gasteiger partial charge < -0.3 is 14.5 Å². The molecule has 4 heterocycles. The Balaban J connectivity index is 1.28. The number of urea groups is 1. The minimum atomic E-state index is 0.0455. The second kappa shape index (κ2) is 6.55. The minimum absolute atomic E-state index is 0.0455. The topological polar surface area (TPSA) is 48.9 Å². The first-order valence-electron chi connectivity index (χ1n) is 9.75. The van der Waals surface area contributed by atoms with E-state index in [1.54, 1.807) is 6.07 Å². The van der Waals surface area contributed by atoms with E-state index in [1.165, 1.54) is 0 Å². The van der Waals surface area contributed by atoms with Gasteiger partial charge in [0.25, 0.3) is 0 Å². The fraction of sp³-hybridized carbons (Fsp3) is 0.429. The van der Waals surface area contributed by atoms with Crippen molar-refractivity contribution >= 4 is 29.1 Å². The molecule has 2 saturated heterocycles. The molecule has 2 aromatic rings. The van der Waals surface area contributed by atoms with Gasteiger partial charge in [-0.25, -0.2) is 9.78 Å². The molecule has 2 amide bonds. The molecule has 7 heteroatoms. The number of ether oxygens (including phenoxy) is 1. The van der Waals surface area contributed by atoms with Crippen molar-refractivity contribution in [1.82, 2.24) is 9.88 Å². The number of anilines is 2. The lowest BCUT2D eigenvalue weighted by atomic mass is 9.73. The molecule has 0 bridgehead atoms. The average molecular weight is 399 g/mol. The standard InChI is InChI=1S/C21H23ClN4O2/c1-2-16-10-28-18-9-15(22)6-7-17(18)26(16)20(27)25-13-21(14-25)11-24(12-21)19-5-3-4-8-23-19/h3-9,16H,2,10-14H2,1H3. The van der Waals surface area contributed by atoms with Gasteiger partial charge in [0.1, 0.15) is 18.2 Å². The molecule has 2 fully saturated rings. The van der Waals surface area contributed by atoms with Crippen LogP contribution < -0.4 is 14.5 Å². The van der Waals surface area contributed by atoms with Crippen LogP contribution in [0.2, 0.25) is 5.02 Å². The molecule has 0 N–H and O–H groups in total. The maximum atomic E-state index is 13.3. The Morgan fingerprint density at radius 3 is 2.79 bits per heavy atom. The van der Waals surface area contributed by atoms with Crippen molar-refractivity contribution in [3.63, 3.8) is 0 Å². The van der Waals surface area contributed by atoms with Crippen LogP contribution in [-0.2, 0) is 0 Å². The smallest absolute Gasteiger partial charge is 0.325 e. The summed E-state index contributed by atoms with van der Waals surface area (Å²) in [6.45, 7) is 6.10. The summed E-state index contributed by atoms with van der Waals surface area (Å²) < 4.78 is 5.85. The number of benzene rings is 1. The van der Waals surface area contributed by atoms with Gasteiger partial charge in [0, 0.05) is 48.9 Å². The first-order valence-corrected chi connectivity index (χ1v) is 10.1. The van der Waals surface area contributed by atoms with E-state index in [0.717, 1.165) is 44.1 Å². The SMILES string of the molecule is CCC1COc2cc(Cl)ccc2N1C(=O)N1CC2(C1)CN(c1ccccn1)C2. The molecule has 3 aliphatic rings. The van der Waals surface area contributed by atoms with Gasteiger partial charge >= 0.3 is 6.03 Å². The summed E-state index contributed by atoms with van der Waals surface area (Å²) >= 11 is 6.10. The fourth-order valence-electron chi connectivity index (χ4n) is 4.54. The Labute approximate surface area is 169 Å². The van der Waals surface area contributed by atoms with Gasteiger partial charge in [-0.15, -0.1) is 0 Å². The number of amides is 2. The predicted octanol–water partition coefficient (Wildman–Crippen LogP) is 3.65. The second-order valence-electron chi connectivity index (χ2n) is 8.04. The number of halogens is 1. The molecule has 1 unspecified atom stereocenters. The summed E-state index contributed by atoms with van der Waals surface area (Å²) in [5.41, 5.74) is 1.03. The van der Waals surface area contributed by atoms with Gasteiger partial charge in [-0.2, -0.15) is 0 Å². The van der Waals surface area contributed by atoms with Gasteiger partial charge in [0.2, 0.25) is 0 Å². The Morgan fingerprint density at radius 2 is 2.07 bits per heavy atom. The van der Waals surface area contributed by atoms with Crippen molar-refractivity contribution in [3.05, 3.63) is 47.6 Å². The highest BCUT2D eigenvalue weighted by Gasteiger charge is 2.54. The first kappa shape index (κ1) is 17.6. The Morgan fingerprint density at radius 1 is 1.25 bits per heavy atom. The van der Waals surface area contributed by atoms with E-state index < -0.39 is 0 Å². The Hall–Kier alpha value is -2.47. The molecule has 1 spiro atoms. The number of rotatable bonds is 2. The van der Waals surface area contributed by atoms with E-state index in [9.17, 15) is 4.79 Å². The largest absolute Gasteiger partial charge is 0.489 e. The number of likely N-dealkylation sites (tertiary alicyclic amines) is 1. The number of fused-ring (bicyclic) bond motifs is 1. The van der Waals surface area contributed by atoms with Crippen molar-refractivity contribution in [3.8, 4) is 5.75 Å². The van der Waals surface area contributed by atoms with Gasteiger partial charge in [-0.1, -0.05) is 24.6 Å². The predicted molar refractivity (Wildman–Crippen MR) is 109 cm³/mol. The molecule has 146 valence electrons. The summed E-state index contributed by atoms with van der Waals surface area (Å²) in [5.74, 6) is 1.70. The zero-order valence-corrected chi connectivity index (χ0v) is 16.6. The summed E-state index contributed by atoms with van der Waals surface area (Å²) in [7, 11) is 0. The van der Waals surface area contributed by atoms with Crippen LogP contribution in [0.5, 0.6) is 5.75 Å². The van der Waals surface area contributed by atoms with Crippen LogP contribution in [0, 0.1) is 5.41 Å². The van der Waals surface area contributed by atoms with E-state index in [2.05, 4.69) is 16.8 Å². The van der Waals surface area contributed by atoms with Gasteiger partial charge in [0.05, 0.1) is 11.7 Å². The van der Waals surface area contributed by atoms with Crippen molar-refractivity contribution in [2.75, 3.05) is 42.6 Å². The molecule has 0 aliphatic carbocycles. The minimum Gasteiger partial charge on any atom is -0.489 e. The summed E-state index contributed by atoms with van der Waals surface area (Å²) in [6.07, 6.45) is 2.67. The monoisotopic (exact) mass is 398 g/mol. The Bertz CT molecular complexity index is 893. The van der Waals surface area contributed by atoms with E-state index >= 15 is 0 Å². The molecule has 3 aliphatic heterocycles. The average Bonchev–Trinajstić information content (AvgIpc) is 2.65. The zero-order valence-electron chi connectivity index (χ0n) is 15.8.